The predicted octanol–water partition coefficient (Wildman–Crippen LogP) is 6.72. The smallest absolute Gasteiger partial charge is 0.343 e. The summed E-state index contributed by atoms with van der Waals surface area (Å²) < 4.78 is 21.3. The molecule has 0 saturated carbocycles. The Bertz CT molecular complexity index is 1970. The molecule has 0 aliphatic carbocycles. The number of hydrogen-bond donors (Lipinski definition) is 2. The highest BCUT2D eigenvalue weighted by Gasteiger charge is 2.21. The van der Waals surface area contributed by atoms with E-state index < -0.39 is 17.8 Å². The third-order valence-electron chi connectivity index (χ3n) is 6.75. The zero-order valence-corrected chi connectivity index (χ0v) is 25.5. The normalized spacial score (nSPS) is 11.0. The van der Waals surface area contributed by atoms with E-state index in [-0.39, 0.29) is 28.6 Å². The van der Waals surface area contributed by atoms with Crippen LogP contribution in [-0.2, 0) is 4.79 Å². The fourth-order valence-corrected chi connectivity index (χ4v) is 4.91. The number of H-pyrrole nitrogens is 1. The monoisotopic (exact) mass is 625 g/mol. The van der Waals surface area contributed by atoms with Gasteiger partial charge in [-0.15, -0.1) is 0 Å². The predicted molar refractivity (Wildman–Crippen MR) is 171 cm³/mol. The molecule has 11 heteroatoms. The van der Waals surface area contributed by atoms with Gasteiger partial charge in [0, 0.05) is 34.0 Å². The van der Waals surface area contributed by atoms with Crippen LogP contribution in [0.3, 0.4) is 0 Å². The maximum absolute atomic E-state index is 13.3. The van der Waals surface area contributed by atoms with Crippen LogP contribution in [0.5, 0.6) is 23.0 Å². The first-order valence-electron chi connectivity index (χ1n) is 13.7. The number of aromatic nitrogens is 1. The maximum Gasteiger partial charge on any atom is 0.343 e. The average molecular weight is 626 g/mol. The van der Waals surface area contributed by atoms with Crippen molar-refractivity contribution in [2.45, 2.75) is 13.8 Å². The Kier molecular flexibility index (Phi) is 9.15. The number of ether oxygens (including phenoxy) is 4. The molecule has 2 N–H and O–H groups in total. The van der Waals surface area contributed by atoms with E-state index in [9.17, 15) is 14.4 Å². The number of hydrogen-bond acceptors (Lipinski definition) is 8. The number of benzene rings is 4. The maximum atomic E-state index is 13.3. The highest BCUT2D eigenvalue weighted by molar-refractivity contribution is 6.34. The summed E-state index contributed by atoms with van der Waals surface area (Å²) >= 11 is 6.52. The molecule has 228 valence electrons. The first-order chi connectivity index (χ1) is 21.7. The quantitative estimate of drug-likeness (QED) is 0.0805. The van der Waals surface area contributed by atoms with Crippen molar-refractivity contribution in [3.8, 4) is 34.1 Å². The molecular weight excluding hydrogens is 598 g/mol. The van der Waals surface area contributed by atoms with Crippen molar-refractivity contribution in [2.75, 3.05) is 14.2 Å². The number of rotatable bonds is 9. The Morgan fingerprint density at radius 1 is 0.844 bits per heavy atom. The highest BCUT2D eigenvalue weighted by Crippen LogP contribution is 2.37. The molecule has 0 fully saturated rings. The lowest BCUT2D eigenvalue weighted by Crippen LogP contribution is -2.19. The van der Waals surface area contributed by atoms with E-state index in [4.69, 9.17) is 30.5 Å². The SMILES string of the molecule is COc1cc(C(=O)Oc2ccc(C=NNC(=O)c3[nH]c4ccc(C)cc4c3-c3ccccc3Cl)cc2OC)ccc1OC(C)=O. The lowest BCUT2D eigenvalue weighted by atomic mass is 10.0. The summed E-state index contributed by atoms with van der Waals surface area (Å²) in [5.74, 6) is -0.874. The number of aromatic amines is 1. The van der Waals surface area contributed by atoms with Crippen molar-refractivity contribution in [1.82, 2.24) is 10.4 Å². The lowest BCUT2D eigenvalue weighted by molar-refractivity contribution is -0.132. The molecule has 4 aromatic carbocycles. The highest BCUT2D eigenvalue weighted by atomic mass is 35.5. The summed E-state index contributed by atoms with van der Waals surface area (Å²) in [4.78, 5) is 40.7. The second-order valence-electron chi connectivity index (χ2n) is 9.86. The molecule has 10 nitrogen and oxygen atoms in total. The van der Waals surface area contributed by atoms with Gasteiger partial charge in [0.2, 0.25) is 0 Å². The number of halogens is 1. The van der Waals surface area contributed by atoms with Gasteiger partial charge >= 0.3 is 11.9 Å². The number of nitrogens with one attached hydrogen (secondary N) is 2. The van der Waals surface area contributed by atoms with Crippen LogP contribution in [0, 0.1) is 6.92 Å². The van der Waals surface area contributed by atoms with Crippen molar-refractivity contribution in [3.05, 3.63) is 106 Å². The van der Waals surface area contributed by atoms with E-state index >= 15 is 0 Å². The summed E-state index contributed by atoms with van der Waals surface area (Å²) in [6.07, 6.45) is 1.44. The van der Waals surface area contributed by atoms with Gasteiger partial charge in [-0.25, -0.2) is 10.2 Å². The Morgan fingerprint density at radius 3 is 2.29 bits per heavy atom. The van der Waals surface area contributed by atoms with Crippen molar-refractivity contribution in [3.63, 3.8) is 0 Å². The molecule has 1 aromatic heterocycles. The number of methoxy groups -OCH3 is 2. The number of nitrogens with zero attached hydrogens (tertiary/aromatic N) is 1. The zero-order chi connectivity index (χ0) is 32.1. The minimum atomic E-state index is -0.683. The molecule has 0 bridgehead atoms. The Morgan fingerprint density at radius 2 is 1.56 bits per heavy atom. The van der Waals surface area contributed by atoms with Crippen molar-refractivity contribution >= 4 is 46.6 Å². The Labute approximate surface area is 263 Å². The first-order valence-corrected chi connectivity index (χ1v) is 14.0. The topological polar surface area (TPSA) is 128 Å². The second kappa shape index (κ2) is 13.4. The van der Waals surface area contributed by atoms with Gasteiger partial charge < -0.3 is 23.9 Å². The molecule has 1 heterocycles. The third kappa shape index (κ3) is 6.81. The summed E-state index contributed by atoms with van der Waals surface area (Å²) in [6, 6.07) is 22.3. The fourth-order valence-electron chi connectivity index (χ4n) is 4.68. The molecule has 0 unspecified atom stereocenters. The number of fused-ring (bicyclic) bond motifs is 1. The molecule has 5 aromatic rings. The van der Waals surface area contributed by atoms with Gasteiger partial charge in [-0.3, -0.25) is 9.59 Å². The summed E-state index contributed by atoms with van der Waals surface area (Å²) in [5.41, 5.74) is 6.86. The molecule has 0 aliphatic heterocycles. The van der Waals surface area contributed by atoms with Gasteiger partial charge in [-0.1, -0.05) is 41.4 Å². The van der Waals surface area contributed by atoms with Crippen LogP contribution in [0.2, 0.25) is 5.02 Å². The number of aryl methyl sites for hydroxylation is 1. The number of carbonyl (C=O) groups excluding carboxylic acids is 3. The number of carbonyl (C=O) groups is 3. The molecule has 0 atom stereocenters. The van der Waals surface area contributed by atoms with Crippen LogP contribution in [0.4, 0.5) is 0 Å². The first kappa shape index (κ1) is 30.8. The van der Waals surface area contributed by atoms with Crippen molar-refractivity contribution in [1.29, 1.82) is 0 Å². The van der Waals surface area contributed by atoms with Gasteiger partial charge in [0.05, 0.1) is 26.0 Å². The van der Waals surface area contributed by atoms with E-state index in [1.807, 2.05) is 43.3 Å². The minimum Gasteiger partial charge on any atom is -0.493 e. The average Bonchev–Trinajstić information content (AvgIpc) is 3.40. The second-order valence-corrected chi connectivity index (χ2v) is 10.3. The lowest BCUT2D eigenvalue weighted by Gasteiger charge is -2.12. The molecule has 1 amide bonds. The van der Waals surface area contributed by atoms with E-state index in [1.54, 1.807) is 24.3 Å². The van der Waals surface area contributed by atoms with Crippen LogP contribution in [0.15, 0.2) is 84.0 Å². The van der Waals surface area contributed by atoms with Crippen LogP contribution in [0.25, 0.3) is 22.0 Å². The molecule has 5 rings (SSSR count). The summed E-state index contributed by atoms with van der Waals surface area (Å²) in [7, 11) is 2.82. The zero-order valence-electron chi connectivity index (χ0n) is 24.8. The van der Waals surface area contributed by atoms with E-state index in [0.29, 0.717) is 21.8 Å². The van der Waals surface area contributed by atoms with Crippen LogP contribution in [0.1, 0.15) is 38.9 Å². The molecule has 0 radical (unpaired) electrons. The van der Waals surface area contributed by atoms with Gasteiger partial charge in [0.1, 0.15) is 5.69 Å². The van der Waals surface area contributed by atoms with Gasteiger partial charge in [0.25, 0.3) is 5.91 Å². The van der Waals surface area contributed by atoms with Crippen LogP contribution < -0.4 is 24.4 Å². The Balaban J connectivity index is 1.33. The van der Waals surface area contributed by atoms with Crippen molar-refractivity contribution < 1.29 is 33.3 Å². The largest absolute Gasteiger partial charge is 0.493 e. The van der Waals surface area contributed by atoms with Crippen molar-refractivity contribution in [2.24, 2.45) is 5.10 Å². The standard InChI is InChI=1S/C34H28ClN3O7/c1-19-9-12-26-24(15-19)31(23-7-5-6-8-25(23)35)32(37-26)33(40)38-36-18-21-10-13-28(29(16-21)42-3)45-34(41)22-11-14-27(44-20(2)39)30(17-22)43-4/h5-18,37H,1-4H3,(H,38,40). The summed E-state index contributed by atoms with van der Waals surface area (Å²) in [5, 5.41) is 5.52. The molecule has 0 spiro atoms. The number of hydrazone groups is 1. The van der Waals surface area contributed by atoms with Gasteiger partial charge in [0.15, 0.2) is 23.0 Å². The number of esters is 2. The minimum absolute atomic E-state index is 0.157. The van der Waals surface area contributed by atoms with Crippen LogP contribution in [-0.4, -0.2) is 43.3 Å². The molecule has 0 aliphatic rings. The molecular formula is C34H28ClN3O7. The van der Waals surface area contributed by atoms with E-state index in [0.717, 1.165) is 22.0 Å². The van der Waals surface area contributed by atoms with Gasteiger partial charge in [-0.2, -0.15) is 5.10 Å². The third-order valence-corrected chi connectivity index (χ3v) is 7.08. The van der Waals surface area contributed by atoms with E-state index in [1.165, 1.54) is 45.6 Å². The molecule has 0 saturated heterocycles. The van der Waals surface area contributed by atoms with Crippen LogP contribution >= 0.6 is 11.6 Å². The molecule has 45 heavy (non-hydrogen) atoms. The Hall–Kier alpha value is -5.61. The van der Waals surface area contributed by atoms with E-state index in [2.05, 4.69) is 15.5 Å². The fraction of sp³-hybridized carbons (Fsp3) is 0.118. The number of amides is 1. The summed E-state index contributed by atoms with van der Waals surface area (Å²) in [6.45, 7) is 3.24. The van der Waals surface area contributed by atoms with Gasteiger partial charge in [-0.05, 0) is 67.1 Å².